The van der Waals surface area contributed by atoms with Crippen molar-refractivity contribution in [2.45, 2.75) is 130 Å². The van der Waals surface area contributed by atoms with Crippen LogP contribution in [0.1, 0.15) is 85.3 Å². The van der Waals surface area contributed by atoms with E-state index in [0.29, 0.717) is 32.4 Å². The van der Waals surface area contributed by atoms with Crippen molar-refractivity contribution < 1.29 is 43.3 Å². The number of hydrogen-bond donors (Lipinski definition) is 3. The van der Waals surface area contributed by atoms with Crippen LogP contribution in [0.15, 0.2) is 54.6 Å². The third kappa shape index (κ3) is 13.7. The van der Waals surface area contributed by atoms with Crippen molar-refractivity contribution in [3.63, 3.8) is 0 Å². The molecule has 1 aliphatic rings. The number of carboxylic acid groups (broad SMARTS) is 1. The Bertz CT molecular complexity index is 1710. The van der Waals surface area contributed by atoms with Crippen LogP contribution in [0.5, 0.6) is 5.75 Å². The van der Waals surface area contributed by atoms with Gasteiger partial charge in [-0.25, -0.2) is 4.79 Å². The monoisotopic (exact) mass is 852 g/mol. The highest BCUT2D eigenvalue weighted by molar-refractivity contribution is 5.90. The van der Waals surface area contributed by atoms with Crippen molar-refractivity contribution in [1.82, 2.24) is 25.3 Å². The maximum absolute atomic E-state index is 14.5. The topological polar surface area (TPSA) is 167 Å². The first-order valence-corrected chi connectivity index (χ1v) is 21.7. The van der Waals surface area contributed by atoms with Crippen molar-refractivity contribution in [1.29, 1.82) is 0 Å². The average Bonchev–Trinajstić information content (AvgIpc) is 3.72. The largest absolute Gasteiger partial charge is 0.497 e. The highest BCUT2D eigenvalue weighted by atomic mass is 16.5. The number of amides is 4. The Morgan fingerprint density at radius 3 is 2.00 bits per heavy atom. The molecule has 9 atom stereocenters. The van der Waals surface area contributed by atoms with E-state index in [0.717, 1.165) is 16.9 Å². The van der Waals surface area contributed by atoms with Gasteiger partial charge in [0.2, 0.25) is 23.6 Å². The summed E-state index contributed by atoms with van der Waals surface area (Å²) in [7, 11) is 8.28. The molecule has 1 heterocycles. The van der Waals surface area contributed by atoms with E-state index in [1.807, 2.05) is 108 Å². The van der Waals surface area contributed by atoms with E-state index in [9.17, 15) is 29.1 Å². The number of benzene rings is 2. The first-order chi connectivity index (χ1) is 28.9. The standard InChI is InChI=1S/C47H73N5O9/c1-13-31(6)42(51(9)46(56)40(29(2)3)49-45(55)41(30(4)5)50(8)28-34-21-23-35(59-10)24-22-34)38(60-11)27-39(53)52-25-17-20-37(52)43(61-12)32(7)44(54)48-36(47(57)58)26-33-18-15-14-16-19-33/h14-16,18-19,21-24,29-32,36-38,40-43H,13,17,20,25-28H2,1-12H3,(H,48,54)(H,49,55)(H,57,58)/t31?,32-,36?,37+,38-,40+,41+,42+,43-/m1/s1. The van der Waals surface area contributed by atoms with Gasteiger partial charge in [0.25, 0.3) is 0 Å². The molecule has 2 aromatic carbocycles. The highest BCUT2D eigenvalue weighted by Crippen LogP contribution is 2.30. The van der Waals surface area contributed by atoms with Crippen LogP contribution in [0.3, 0.4) is 0 Å². The molecule has 0 spiro atoms. The molecule has 2 aromatic rings. The minimum atomic E-state index is -1.14. The maximum Gasteiger partial charge on any atom is 0.326 e. The molecule has 2 unspecified atom stereocenters. The summed E-state index contributed by atoms with van der Waals surface area (Å²) >= 11 is 0. The molecule has 1 fully saturated rings. The molecule has 4 amide bonds. The number of carboxylic acids is 1. The fraction of sp³-hybridized carbons (Fsp3) is 0.638. The van der Waals surface area contributed by atoms with Gasteiger partial charge in [-0.05, 0) is 60.9 Å². The second-order valence-electron chi connectivity index (χ2n) is 17.4. The molecule has 0 aromatic heterocycles. The molecule has 0 bridgehead atoms. The summed E-state index contributed by atoms with van der Waals surface area (Å²) in [5.74, 6) is -2.70. The summed E-state index contributed by atoms with van der Waals surface area (Å²) < 4.78 is 17.3. The van der Waals surface area contributed by atoms with Crippen molar-refractivity contribution in [3.05, 3.63) is 65.7 Å². The number of ether oxygens (including phenoxy) is 3. The van der Waals surface area contributed by atoms with Crippen LogP contribution >= 0.6 is 0 Å². The molecule has 340 valence electrons. The normalized spacial score (nSPS) is 18.1. The minimum Gasteiger partial charge on any atom is -0.497 e. The number of methoxy groups -OCH3 is 3. The van der Waals surface area contributed by atoms with Crippen molar-refractivity contribution in [2.24, 2.45) is 23.7 Å². The number of nitrogens with one attached hydrogen (secondary N) is 2. The summed E-state index contributed by atoms with van der Waals surface area (Å²) in [6.45, 7) is 14.5. The maximum atomic E-state index is 14.5. The van der Waals surface area contributed by atoms with Gasteiger partial charge in [-0.15, -0.1) is 0 Å². The lowest BCUT2D eigenvalue weighted by atomic mass is 9.89. The Labute approximate surface area is 364 Å². The molecule has 0 saturated carbocycles. The second-order valence-corrected chi connectivity index (χ2v) is 17.4. The van der Waals surface area contributed by atoms with Crippen molar-refractivity contribution in [2.75, 3.05) is 42.0 Å². The summed E-state index contributed by atoms with van der Waals surface area (Å²) in [4.78, 5) is 74.0. The predicted octanol–water partition coefficient (Wildman–Crippen LogP) is 5.02. The molecule has 1 aliphatic heterocycles. The zero-order chi connectivity index (χ0) is 45.6. The van der Waals surface area contributed by atoms with Gasteiger partial charge in [-0.3, -0.25) is 24.1 Å². The van der Waals surface area contributed by atoms with E-state index >= 15 is 0 Å². The van der Waals surface area contributed by atoms with Gasteiger partial charge in [-0.2, -0.15) is 0 Å². The third-order valence-electron chi connectivity index (χ3n) is 12.4. The van der Waals surface area contributed by atoms with Crippen LogP contribution in [0.25, 0.3) is 0 Å². The van der Waals surface area contributed by atoms with E-state index in [1.54, 1.807) is 38.0 Å². The van der Waals surface area contributed by atoms with Gasteiger partial charge in [0, 0.05) is 40.8 Å². The lowest BCUT2D eigenvalue weighted by Crippen LogP contribution is -2.60. The van der Waals surface area contributed by atoms with Gasteiger partial charge >= 0.3 is 5.97 Å². The van der Waals surface area contributed by atoms with Gasteiger partial charge in [0.15, 0.2) is 0 Å². The van der Waals surface area contributed by atoms with E-state index in [4.69, 9.17) is 14.2 Å². The lowest BCUT2D eigenvalue weighted by Gasteiger charge is -2.41. The first-order valence-electron chi connectivity index (χ1n) is 21.7. The molecule has 3 N–H and O–H groups in total. The van der Waals surface area contributed by atoms with Crippen LogP contribution < -0.4 is 15.4 Å². The Morgan fingerprint density at radius 1 is 0.836 bits per heavy atom. The fourth-order valence-corrected chi connectivity index (χ4v) is 8.76. The van der Waals surface area contributed by atoms with Gasteiger partial charge < -0.3 is 39.8 Å². The van der Waals surface area contributed by atoms with Crippen molar-refractivity contribution >= 4 is 29.6 Å². The molecular weight excluding hydrogens is 779 g/mol. The van der Waals surface area contributed by atoms with Crippen LogP contribution in [-0.4, -0.2) is 134 Å². The molecule has 14 nitrogen and oxygen atoms in total. The minimum absolute atomic E-state index is 0.0287. The Balaban J connectivity index is 1.78. The molecule has 1 saturated heterocycles. The number of likely N-dealkylation sites (tertiary alicyclic amines) is 1. The molecule has 0 radical (unpaired) electrons. The number of carbonyl (C=O) groups is 5. The number of likely N-dealkylation sites (N-methyl/N-ethyl adjacent to an activating group) is 2. The smallest absolute Gasteiger partial charge is 0.326 e. The molecule has 61 heavy (non-hydrogen) atoms. The number of aliphatic carboxylic acids is 1. The lowest BCUT2D eigenvalue weighted by molar-refractivity contribution is -0.148. The summed E-state index contributed by atoms with van der Waals surface area (Å²) in [5, 5.41) is 15.7. The van der Waals surface area contributed by atoms with Crippen LogP contribution in [0.4, 0.5) is 0 Å². The molecule has 0 aliphatic carbocycles. The summed E-state index contributed by atoms with van der Waals surface area (Å²) in [5.41, 5.74) is 1.80. The van der Waals surface area contributed by atoms with E-state index in [2.05, 4.69) is 10.6 Å². The molecular formula is C47H73N5O9. The highest BCUT2D eigenvalue weighted by Gasteiger charge is 2.43. The quantitative estimate of drug-likeness (QED) is 0.131. The van der Waals surface area contributed by atoms with Gasteiger partial charge in [0.05, 0.1) is 49.8 Å². The average molecular weight is 852 g/mol. The predicted molar refractivity (Wildman–Crippen MR) is 236 cm³/mol. The zero-order valence-corrected chi connectivity index (χ0v) is 38.6. The van der Waals surface area contributed by atoms with Crippen LogP contribution in [0.2, 0.25) is 0 Å². The zero-order valence-electron chi connectivity index (χ0n) is 38.6. The van der Waals surface area contributed by atoms with E-state index in [1.165, 1.54) is 7.11 Å². The van der Waals surface area contributed by atoms with Crippen LogP contribution in [-0.2, 0) is 46.4 Å². The number of rotatable bonds is 24. The Kier molecular flexibility index (Phi) is 20.2. The Hall–Kier alpha value is -4.53. The second kappa shape index (κ2) is 24.2. The van der Waals surface area contributed by atoms with E-state index in [-0.39, 0.29) is 48.3 Å². The number of carbonyl (C=O) groups excluding carboxylic acids is 4. The van der Waals surface area contributed by atoms with Gasteiger partial charge in [0.1, 0.15) is 17.8 Å². The first kappa shape index (κ1) is 50.8. The van der Waals surface area contributed by atoms with Crippen molar-refractivity contribution in [3.8, 4) is 5.75 Å². The van der Waals surface area contributed by atoms with Gasteiger partial charge in [-0.1, -0.05) is 97.4 Å². The number of hydrogen-bond acceptors (Lipinski definition) is 9. The van der Waals surface area contributed by atoms with E-state index < -0.39 is 60.2 Å². The Morgan fingerprint density at radius 2 is 1.48 bits per heavy atom. The number of nitrogens with zero attached hydrogens (tertiary/aromatic N) is 3. The molecule has 3 rings (SSSR count). The SMILES string of the molecule is CCC(C)[C@@H]([C@@H](CC(=O)N1CCC[C@H]1[C@H](OC)[C@@H](C)C(=O)NC(Cc1ccccc1)C(=O)O)OC)N(C)C(=O)[C@@H](NC(=O)[C@H](C(C)C)N(C)Cc1ccc(OC)cc1)C(C)C. The fourth-order valence-electron chi connectivity index (χ4n) is 8.76. The summed E-state index contributed by atoms with van der Waals surface area (Å²) in [6.07, 6.45) is 0.708. The summed E-state index contributed by atoms with van der Waals surface area (Å²) in [6, 6.07) is 13.4. The third-order valence-corrected chi connectivity index (χ3v) is 12.4. The molecule has 14 heteroatoms. The van der Waals surface area contributed by atoms with Crippen LogP contribution in [0, 0.1) is 23.7 Å².